The minimum Gasteiger partial charge on any atom is -0.379 e. The molecule has 3 aromatic rings. The van der Waals surface area contributed by atoms with Crippen molar-refractivity contribution in [3.8, 4) is 0 Å². The molecule has 0 aliphatic carbocycles. The van der Waals surface area contributed by atoms with Crippen molar-refractivity contribution in [1.82, 2.24) is 9.62 Å². The lowest BCUT2D eigenvalue weighted by molar-refractivity contribution is -0.116. The standard InChI is InChI=1S/C25H29N3O4S/c29-25(27-23-8-5-20(6-9-23)12-14-28-15-17-32-18-16-28)11-13-26-33(30,31)24-10-7-21-3-1-2-4-22(21)19-24/h1-10,19,26H,11-18H2,(H,27,29). The zero-order valence-electron chi connectivity index (χ0n) is 18.5. The van der Waals surface area contributed by atoms with E-state index < -0.39 is 10.0 Å². The normalized spacial score (nSPS) is 14.9. The molecule has 7 nitrogen and oxygen atoms in total. The molecule has 8 heteroatoms. The molecule has 1 fully saturated rings. The topological polar surface area (TPSA) is 87.7 Å². The smallest absolute Gasteiger partial charge is 0.240 e. The van der Waals surface area contributed by atoms with E-state index >= 15 is 0 Å². The van der Waals surface area contributed by atoms with Crippen LogP contribution in [0.3, 0.4) is 0 Å². The molecule has 4 rings (SSSR count). The van der Waals surface area contributed by atoms with Gasteiger partial charge in [-0.2, -0.15) is 0 Å². The number of anilines is 1. The molecule has 1 saturated heterocycles. The maximum absolute atomic E-state index is 12.6. The number of sulfonamides is 1. The quantitative estimate of drug-likeness (QED) is 0.505. The van der Waals surface area contributed by atoms with Crippen LogP contribution in [0.2, 0.25) is 0 Å². The van der Waals surface area contributed by atoms with Crippen LogP contribution in [-0.4, -0.2) is 58.6 Å². The van der Waals surface area contributed by atoms with Gasteiger partial charge in [0.25, 0.3) is 0 Å². The van der Waals surface area contributed by atoms with Gasteiger partial charge in [0, 0.05) is 38.3 Å². The first-order valence-corrected chi connectivity index (χ1v) is 12.7. The molecule has 3 aromatic carbocycles. The lowest BCUT2D eigenvalue weighted by Gasteiger charge is -2.26. The lowest BCUT2D eigenvalue weighted by Crippen LogP contribution is -2.37. The number of hydrogen-bond donors (Lipinski definition) is 2. The summed E-state index contributed by atoms with van der Waals surface area (Å²) in [6, 6.07) is 20.4. The molecule has 0 bridgehead atoms. The summed E-state index contributed by atoms with van der Waals surface area (Å²) in [5.41, 5.74) is 1.91. The van der Waals surface area contributed by atoms with Gasteiger partial charge in [-0.25, -0.2) is 13.1 Å². The van der Waals surface area contributed by atoms with Crippen molar-refractivity contribution in [1.29, 1.82) is 0 Å². The van der Waals surface area contributed by atoms with E-state index in [1.165, 1.54) is 5.56 Å². The number of amides is 1. The van der Waals surface area contributed by atoms with Crippen LogP contribution in [0.25, 0.3) is 10.8 Å². The molecule has 1 aliphatic rings. The Morgan fingerprint density at radius 2 is 1.67 bits per heavy atom. The predicted octanol–water partition coefficient (Wildman–Crippen LogP) is 3.02. The number of nitrogens with one attached hydrogen (secondary N) is 2. The number of ether oxygens (including phenoxy) is 1. The molecule has 0 saturated carbocycles. The van der Waals surface area contributed by atoms with Crippen LogP contribution >= 0.6 is 0 Å². The SMILES string of the molecule is O=C(CCNS(=O)(=O)c1ccc2ccccc2c1)Nc1ccc(CCN2CCOCC2)cc1. The van der Waals surface area contributed by atoms with E-state index in [1.54, 1.807) is 18.2 Å². The largest absolute Gasteiger partial charge is 0.379 e. The first-order chi connectivity index (χ1) is 16.0. The van der Waals surface area contributed by atoms with Gasteiger partial charge in [0.1, 0.15) is 0 Å². The summed E-state index contributed by atoms with van der Waals surface area (Å²) in [6.07, 6.45) is 0.996. The third-order valence-corrected chi connectivity index (χ3v) is 7.19. The third kappa shape index (κ3) is 6.61. The van der Waals surface area contributed by atoms with Crippen LogP contribution in [0.4, 0.5) is 5.69 Å². The van der Waals surface area contributed by atoms with Crippen molar-refractivity contribution in [3.05, 3.63) is 72.3 Å². The number of carbonyl (C=O) groups excluding carboxylic acids is 1. The van der Waals surface area contributed by atoms with Crippen LogP contribution in [0.15, 0.2) is 71.6 Å². The van der Waals surface area contributed by atoms with Crippen LogP contribution in [0.5, 0.6) is 0 Å². The van der Waals surface area contributed by atoms with E-state index in [0.717, 1.165) is 50.0 Å². The first kappa shape index (κ1) is 23.4. The monoisotopic (exact) mass is 467 g/mol. The minimum atomic E-state index is -3.68. The Labute approximate surface area is 194 Å². The van der Waals surface area contributed by atoms with E-state index in [1.807, 2.05) is 48.5 Å². The highest BCUT2D eigenvalue weighted by Crippen LogP contribution is 2.19. The van der Waals surface area contributed by atoms with Gasteiger partial charge in [0.2, 0.25) is 15.9 Å². The number of carbonyl (C=O) groups is 1. The molecule has 2 N–H and O–H groups in total. The summed E-state index contributed by atoms with van der Waals surface area (Å²) >= 11 is 0. The summed E-state index contributed by atoms with van der Waals surface area (Å²) in [4.78, 5) is 14.8. The van der Waals surface area contributed by atoms with Crippen molar-refractivity contribution >= 4 is 32.4 Å². The van der Waals surface area contributed by atoms with E-state index in [2.05, 4.69) is 14.9 Å². The highest BCUT2D eigenvalue weighted by atomic mass is 32.2. The molecular formula is C25H29N3O4S. The van der Waals surface area contributed by atoms with Crippen LogP contribution in [0.1, 0.15) is 12.0 Å². The van der Waals surface area contributed by atoms with Crippen molar-refractivity contribution in [3.63, 3.8) is 0 Å². The van der Waals surface area contributed by atoms with Gasteiger partial charge in [-0.15, -0.1) is 0 Å². The Morgan fingerprint density at radius 1 is 0.939 bits per heavy atom. The van der Waals surface area contributed by atoms with Gasteiger partial charge in [-0.3, -0.25) is 9.69 Å². The molecule has 0 unspecified atom stereocenters. The fourth-order valence-corrected chi connectivity index (χ4v) is 4.87. The highest BCUT2D eigenvalue weighted by molar-refractivity contribution is 7.89. The minimum absolute atomic E-state index is 0.0264. The lowest BCUT2D eigenvalue weighted by atomic mass is 10.1. The molecule has 33 heavy (non-hydrogen) atoms. The Kier molecular flexibility index (Phi) is 7.72. The van der Waals surface area contributed by atoms with Gasteiger partial charge in [-0.1, -0.05) is 42.5 Å². The molecule has 0 aromatic heterocycles. The Hall–Kier alpha value is -2.78. The van der Waals surface area contributed by atoms with Gasteiger partial charge >= 0.3 is 0 Å². The maximum Gasteiger partial charge on any atom is 0.240 e. The number of rotatable bonds is 9. The van der Waals surface area contributed by atoms with Gasteiger partial charge < -0.3 is 10.1 Å². The second-order valence-corrected chi connectivity index (χ2v) is 9.87. The summed E-state index contributed by atoms with van der Waals surface area (Å²) in [5, 5.41) is 4.65. The van der Waals surface area contributed by atoms with E-state index in [-0.39, 0.29) is 23.8 Å². The molecule has 0 spiro atoms. The third-order valence-electron chi connectivity index (χ3n) is 5.73. The number of benzene rings is 3. The Bertz CT molecular complexity index is 1190. The van der Waals surface area contributed by atoms with Gasteiger partial charge in [0.15, 0.2) is 0 Å². The molecular weight excluding hydrogens is 438 g/mol. The summed E-state index contributed by atoms with van der Waals surface area (Å²) in [6.45, 7) is 4.55. The predicted molar refractivity (Wildman–Crippen MR) is 130 cm³/mol. The molecule has 0 radical (unpaired) electrons. The van der Waals surface area contributed by atoms with Gasteiger partial charge in [-0.05, 0) is 47.0 Å². The Balaban J connectivity index is 1.23. The maximum atomic E-state index is 12.6. The zero-order chi connectivity index (χ0) is 23.1. The van der Waals surface area contributed by atoms with Crippen molar-refractivity contribution in [2.75, 3.05) is 44.7 Å². The van der Waals surface area contributed by atoms with E-state index in [0.29, 0.717) is 5.69 Å². The molecule has 1 aliphatic heterocycles. The highest BCUT2D eigenvalue weighted by Gasteiger charge is 2.15. The molecule has 174 valence electrons. The van der Waals surface area contributed by atoms with Crippen molar-refractivity contribution < 1.29 is 17.9 Å². The van der Waals surface area contributed by atoms with Crippen LogP contribution < -0.4 is 10.0 Å². The molecule has 0 atom stereocenters. The number of nitrogens with zero attached hydrogens (tertiary/aromatic N) is 1. The number of morpholine rings is 1. The van der Waals surface area contributed by atoms with Crippen LogP contribution in [0, 0.1) is 0 Å². The van der Waals surface area contributed by atoms with Gasteiger partial charge in [0.05, 0.1) is 18.1 Å². The van der Waals surface area contributed by atoms with E-state index in [9.17, 15) is 13.2 Å². The average molecular weight is 468 g/mol. The Morgan fingerprint density at radius 3 is 2.42 bits per heavy atom. The number of hydrogen-bond acceptors (Lipinski definition) is 5. The fourth-order valence-electron chi connectivity index (χ4n) is 3.81. The van der Waals surface area contributed by atoms with Crippen LogP contribution in [-0.2, 0) is 26.0 Å². The summed E-state index contributed by atoms with van der Waals surface area (Å²) in [7, 11) is -3.68. The molecule has 1 heterocycles. The van der Waals surface area contributed by atoms with Crippen molar-refractivity contribution in [2.45, 2.75) is 17.7 Å². The second-order valence-electron chi connectivity index (χ2n) is 8.11. The zero-order valence-corrected chi connectivity index (χ0v) is 19.3. The summed E-state index contributed by atoms with van der Waals surface area (Å²) in [5.74, 6) is -0.239. The summed E-state index contributed by atoms with van der Waals surface area (Å²) < 4.78 is 33.0. The van der Waals surface area contributed by atoms with Crippen molar-refractivity contribution in [2.24, 2.45) is 0 Å². The van der Waals surface area contributed by atoms with E-state index in [4.69, 9.17) is 4.74 Å². The first-order valence-electron chi connectivity index (χ1n) is 11.2. The fraction of sp³-hybridized carbons (Fsp3) is 0.320. The molecule has 1 amide bonds. The second kappa shape index (κ2) is 10.9. The average Bonchev–Trinajstić information content (AvgIpc) is 2.84. The number of fused-ring (bicyclic) bond motifs is 1.